The number of ether oxygens (including phenoxy) is 1. The van der Waals surface area contributed by atoms with Crippen molar-refractivity contribution in [3.63, 3.8) is 0 Å². The van der Waals surface area contributed by atoms with Crippen LogP contribution < -0.4 is 11.1 Å². The Morgan fingerprint density at radius 3 is 2.62 bits per heavy atom. The van der Waals surface area contributed by atoms with Crippen molar-refractivity contribution < 1.29 is 24.9 Å². The molecular formula is C6H12N2O5. The van der Waals surface area contributed by atoms with E-state index in [0.29, 0.717) is 0 Å². The fourth-order valence-corrected chi connectivity index (χ4v) is 1.24. The number of carbonyl (C=O) groups is 1. The van der Waals surface area contributed by atoms with E-state index in [4.69, 9.17) is 20.7 Å². The van der Waals surface area contributed by atoms with Crippen LogP contribution in [0.3, 0.4) is 0 Å². The highest BCUT2D eigenvalue weighted by molar-refractivity contribution is 5.72. The number of carbonyl (C=O) groups excluding carboxylic acids is 1. The predicted molar refractivity (Wildman–Crippen MR) is 40.5 cm³/mol. The van der Waals surface area contributed by atoms with Gasteiger partial charge in [0.15, 0.2) is 6.29 Å². The monoisotopic (exact) mass is 192 g/mol. The fraction of sp³-hybridized carbons (Fsp3) is 0.833. The van der Waals surface area contributed by atoms with Crippen LogP contribution in [0.25, 0.3) is 0 Å². The Hall–Kier alpha value is -0.890. The lowest BCUT2D eigenvalue weighted by atomic mass is 10.1. The van der Waals surface area contributed by atoms with Crippen molar-refractivity contribution in [3.8, 4) is 0 Å². The van der Waals surface area contributed by atoms with E-state index in [1.165, 1.54) is 0 Å². The summed E-state index contributed by atoms with van der Waals surface area (Å²) in [5.74, 6) is 0. The van der Waals surface area contributed by atoms with E-state index in [1.54, 1.807) is 0 Å². The second-order valence-corrected chi connectivity index (χ2v) is 2.77. The van der Waals surface area contributed by atoms with Gasteiger partial charge < -0.3 is 31.1 Å². The SMILES string of the molecule is NC(=O)N[C@H]1[C@H](O)[C@H](O)O[C@@H]1CO. The average Bonchev–Trinajstić information content (AvgIpc) is 2.31. The zero-order valence-corrected chi connectivity index (χ0v) is 6.75. The van der Waals surface area contributed by atoms with Crippen LogP contribution in [0.2, 0.25) is 0 Å². The van der Waals surface area contributed by atoms with Crippen LogP contribution in [0.4, 0.5) is 4.79 Å². The molecule has 1 saturated heterocycles. The Labute approximate surface area is 74.1 Å². The average molecular weight is 192 g/mol. The highest BCUT2D eigenvalue weighted by atomic mass is 16.6. The summed E-state index contributed by atoms with van der Waals surface area (Å²) in [6.07, 6.45) is -3.52. The van der Waals surface area contributed by atoms with E-state index in [1.807, 2.05) is 0 Å². The Bertz CT molecular complexity index is 199. The lowest BCUT2D eigenvalue weighted by molar-refractivity contribution is -0.132. The van der Waals surface area contributed by atoms with E-state index in [2.05, 4.69) is 5.32 Å². The maximum atomic E-state index is 10.5. The van der Waals surface area contributed by atoms with E-state index < -0.39 is 37.2 Å². The molecule has 1 aliphatic rings. The Balaban J connectivity index is 2.62. The number of hydrogen-bond donors (Lipinski definition) is 5. The van der Waals surface area contributed by atoms with Crippen LogP contribution in [0, 0.1) is 0 Å². The Morgan fingerprint density at radius 1 is 1.54 bits per heavy atom. The van der Waals surface area contributed by atoms with E-state index in [0.717, 1.165) is 0 Å². The van der Waals surface area contributed by atoms with Gasteiger partial charge in [0.2, 0.25) is 0 Å². The number of primary amides is 1. The molecule has 1 fully saturated rings. The summed E-state index contributed by atoms with van der Waals surface area (Å²) in [6, 6.07) is -1.72. The van der Waals surface area contributed by atoms with Gasteiger partial charge in [-0.1, -0.05) is 0 Å². The summed E-state index contributed by atoms with van der Waals surface area (Å²) in [4.78, 5) is 10.5. The minimum atomic E-state index is -1.41. The van der Waals surface area contributed by atoms with Crippen molar-refractivity contribution in [1.29, 1.82) is 0 Å². The van der Waals surface area contributed by atoms with Crippen molar-refractivity contribution in [2.45, 2.75) is 24.5 Å². The van der Waals surface area contributed by atoms with Gasteiger partial charge >= 0.3 is 6.03 Å². The number of rotatable bonds is 2. The molecule has 4 atom stereocenters. The lowest BCUT2D eigenvalue weighted by Crippen LogP contribution is -2.50. The first-order chi connectivity index (χ1) is 6.06. The van der Waals surface area contributed by atoms with Crippen LogP contribution in [0.5, 0.6) is 0 Å². The molecule has 0 aliphatic carbocycles. The van der Waals surface area contributed by atoms with Crippen LogP contribution in [-0.4, -0.2) is 52.5 Å². The summed E-state index contributed by atoms with van der Waals surface area (Å²) in [6.45, 7) is -0.418. The first kappa shape index (κ1) is 10.2. The number of aliphatic hydroxyl groups excluding tert-OH is 3. The summed E-state index contributed by atoms with van der Waals surface area (Å²) < 4.78 is 4.72. The molecule has 1 rings (SSSR count). The molecule has 0 radical (unpaired) electrons. The quantitative estimate of drug-likeness (QED) is 0.321. The fourth-order valence-electron chi connectivity index (χ4n) is 1.24. The zero-order chi connectivity index (χ0) is 10.0. The number of nitrogens with one attached hydrogen (secondary N) is 1. The molecule has 6 N–H and O–H groups in total. The molecule has 0 bridgehead atoms. The third kappa shape index (κ3) is 2.07. The van der Waals surface area contributed by atoms with Crippen molar-refractivity contribution in [2.24, 2.45) is 5.73 Å². The van der Waals surface area contributed by atoms with Gasteiger partial charge in [0, 0.05) is 0 Å². The van der Waals surface area contributed by atoms with Gasteiger partial charge in [-0.15, -0.1) is 0 Å². The van der Waals surface area contributed by atoms with Gasteiger partial charge in [-0.2, -0.15) is 0 Å². The highest BCUT2D eigenvalue weighted by Crippen LogP contribution is 2.18. The van der Waals surface area contributed by atoms with Crippen LogP contribution in [-0.2, 0) is 4.74 Å². The van der Waals surface area contributed by atoms with Crippen LogP contribution in [0.15, 0.2) is 0 Å². The summed E-state index contributed by atoms with van der Waals surface area (Å²) in [5.41, 5.74) is 4.82. The normalized spacial score (nSPS) is 39.0. The largest absolute Gasteiger partial charge is 0.394 e. The smallest absolute Gasteiger partial charge is 0.312 e. The topological polar surface area (TPSA) is 125 Å². The molecule has 76 valence electrons. The molecule has 0 aromatic heterocycles. The minimum Gasteiger partial charge on any atom is -0.394 e. The number of nitrogens with two attached hydrogens (primary N) is 1. The van der Waals surface area contributed by atoms with Crippen LogP contribution in [0.1, 0.15) is 0 Å². The molecular weight excluding hydrogens is 180 g/mol. The number of hydrogen-bond acceptors (Lipinski definition) is 5. The molecule has 0 unspecified atom stereocenters. The number of amides is 2. The maximum Gasteiger partial charge on any atom is 0.312 e. The molecule has 0 saturated carbocycles. The van der Waals surface area contributed by atoms with Crippen molar-refractivity contribution in [1.82, 2.24) is 5.32 Å². The number of urea groups is 1. The second-order valence-electron chi connectivity index (χ2n) is 2.77. The lowest BCUT2D eigenvalue weighted by Gasteiger charge is -2.18. The van der Waals surface area contributed by atoms with Crippen molar-refractivity contribution in [2.75, 3.05) is 6.61 Å². The van der Waals surface area contributed by atoms with Gasteiger partial charge in [0.1, 0.15) is 12.2 Å². The standard InChI is InChI=1S/C6H12N2O5/c7-6(12)8-3-2(1-9)13-5(11)4(3)10/h2-5,9-11H,1H2,(H3,7,8,12)/t2-,3-,4+,5-/m1/s1. The summed E-state index contributed by atoms with van der Waals surface area (Å²) >= 11 is 0. The van der Waals surface area contributed by atoms with Gasteiger partial charge in [0.25, 0.3) is 0 Å². The third-order valence-corrected chi connectivity index (χ3v) is 1.86. The summed E-state index contributed by atoms with van der Waals surface area (Å²) in [7, 11) is 0. The molecule has 7 heteroatoms. The molecule has 1 heterocycles. The molecule has 1 aliphatic heterocycles. The van der Waals surface area contributed by atoms with Crippen molar-refractivity contribution in [3.05, 3.63) is 0 Å². The predicted octanol–water partition coefficient (Wildman–Crippen LogP) is -2.91. The molecule has 0 aromatic rings. The van der Waals surface area contributed by atoms with Crippen molar-refractivity contribution >= 4 is 6.03 Å². The first-order valence-corrected chi connectivity index (χ1v) is 3.74. The first-order valence-electron chi connectivity index (χ1n) is 3.74. The molecule has 0 spiro atoms. The van der Waals surface area contributed by atoms with E-state index in [9.17, 15) is 9.90 Å². The van der Waals surface area contributed by atoms with Crippen LogP contribution >= 0.6 is 0 Å². The maximum absolute atomic E-state index is 10.5. The molecule has 2 amide bonds. The Kier molecular flexibility index (Phi) is 3.04. The second kappa shape index (κ2) is 3.88. The molecule has 7 nitrogen and oxygen atoms in total. The Morgan fingerprint density at radius 2 is 2.15 bits per heavy atom. The van der Waals surface area contributed by atoms with Gasteiger partial charge in [-0.05, 0) is 0 Å². The van der Waals surface area contributed by atoms with Gasteiger partial charge in [0.05, 0.1) is 12.6 Å². The molecule has 0 aromatic carbocycles. The summed E-state index contributed by atoms with van der Waals surface area (Å²) in [5, 5.41) is 29.2. The third-order valence-electron chi connectivity index (χ3n) is 1.86. The number of aliphatic hydroxyl groups is 3. The minimum absolute atomic E-state index is 0.418. The van der Waals surface area contributed by atoms with E-state index in [-0.39, 0.29) is 0 Å². The molecule has 13 heavy (non-hydrogen) atoms. The van der Waals surface area contributed by atoms with E-state index >= 15 is 0 Å². The van der Waals surface area contributed by atoms with Gasteiger partial charge in [-0.25, -0.2) is 4.79 Å². The highest BCUT2D eigenvalue weighted by Gasteiger charge is 2.43. The van der Waals surface area contributed by atoms with Gasteiger partial charge in [-0.3, -0.25) is 0 Å². The zero-order valence-electron chi connectivity index (χ0n) is 6.75.